The number of carbonyl (C=O) groups is 2. The third-order valence-electron chi connectivity index (χ3n) is 3.88. The number of hydrogen-bond donors (Lipinski definition) is 0. The molecular weight excluding hydrogens is 400 g/mol. The summed E-state index contributed by atoms with van der Waals surface area (Å²) in [5, 5.41) is 10.5. The molecule has 0 amide bonds. The van der Waals surface area contributed by atoms with Crippen LogP contribution in [0.2, 0.25) is 5.02 Å². The molecule has 142 valence electrons. The van der Waals surface area contributed by atoms with Crippen LogP contribution in [0, 0.1) is 11.3 Å². The van der Waals surface area contributed by atoms with Crippen LogP contribution in [0.4, 0.5) is 5.69 Å². The number of benzene rings is 2. The van der Waals surface area contributed by atoms with E-state index in [0.717, 1.165) is 10.6 Å². The molecule has 3 rings (SSSR count). The van der Waals surface area contributed by atoms with Crippen molar-refractivity contribution in [1.82, 2.24) is 0 Å². The maximum absolute atomic E-state index is 12.4. The van der Waals surface area contributed by atoms with E-state index in [0.29, 0.717) is 15.8 Å². The summed E-state index contributed by atoms with van der Waals surface area (Å²) in [6.45, 7) is -0.882. The number of carbonyl (C=O) groups excluding carboxylic acids is 2. The Labute approximate surface area is 171 Å². The Morgan fingerprint density at radius 3 is 2.54 bits per heavy atom. The molecule has 2 aromatic rings. The molecule has 0 atom stereocenters. The molecule has 0 N–H and O–H groups in total. The van der Waals surface area contributed by atoms with Gasteiger partial charge in [-0.2, -0.15) is 5.26 Å². The minimum absolute atomic E-state index is 0.0462. The first-order valence-electron chi connectivity index (χ1n) is 8.21. The second-order valence-corrected chi connectivity index (χ2v) is 7.21. The van der Waals surface area contributed by atoms with E-state index >= 15 is 0 Å². The number of halogens is 1. The van der Waals surface area contributed by atoms with Gasteiger partial charge >= 0.3 is 5.97 Å². The molecule has 0 saturated carbocycles. The van der Waals surface area contributed by atoms with Crippen LogP contribution in [-0.2, 0) is 14.3 Å². The second-order valence-electron chi connectivity index (χ2n) is 5.75. The molecule has 0 saturated heterocycles. The largest absolute Gasteiger partial charge is 0.482 e. The molecule has 0 fully saturated rings. The summed E-state index contributed by atoms with van der Waals surface area (Å²) in [6.07, 6.45) is 0. The van der Waals surface area contributed by atoms with Crippen molar-refractivity contribution >= 4 is 40.8 Å². The molecule has 2 aromatic carbocycles. The molecule has 28 heavy (non-hydrogen) atoms. The van der Waals surface area contributed by atoms with Crippen molar-refractivity contribution < 1.29 is 19.1 Å². The summed E-state index contributed by atoms with van der Waals surface area (Å²) < 4.78 is 10.2. The minimum Gasteiger partial charge on any atom is -0.482 e. The molecule has 0 spiro atoms. The van der Waals surface area contributed by atoms with Crippen LogP contribution in [0.1, 0.15) is 0 Å². The number of ketones is 1. The molecule has 0 bridgehead atoms. The summed E-state index contributed by atoms with van der Waals surface area (Å²) in [4.78, 5) is 27.0. The van der Waals surface area contributed by atoms with Gasteiger partial charge in [-0.25, -0.2) is 4.79 Å². The van der Waals surface area contributed by atoms with Crippen molar-refractivity contribution in [1.29, 1.82) is 5.26 Å². The number of nitriles is 1. The van der Waals surface area contributed by atoms with Gasteiger partial charge in [-0.15, -0.1) is 0 Å². The lowest BCUT2D eigenvalue weighted by Gasteiger charge is -2.14. The summed E-state index contributed by atoms with van der Waals surface area (Å²) >= 11 is 7.11. The third-order valence-corrected chi connectivity index (χ3v) is 5.37. The molecule has 1 aliphatic rings. The second kappa shape index (κ2) is 8.83. The predicted octanol–water partition coefficient (Wildman–Crippen LogP) is 3.81. The van der Waals surface area contributed by atoms with Crippen LogP contribution in [-0.4, -0.2) is 32.0 Å². The van der Waals surface area contributed by atoms with Crippen LogP contribution in [0.15, 0.2) is 64.0 Å². The number of esters is 1. The zero-order valence-electron chi connectivity index (χ0n) is 14.8. The predicted molar refractivity (Wildman–Crippen MR) is 106 cm³/mol. The average molecular weight is 415 g/mol. The van der Waals surface area contributed by atoms with Crippen molar-refractivity contribution in [3.05, 3.63) is 64.2 Å². The molecule has 0 aromatic heterocycles. The summed E-state index contributed by atoms with van der Waals surface area (Å²) in [5.74, 6) is -0.819. The number of anilines is 1. The van der Waals surface area contributed by atoms with Gasteiger partial charge < -0.3 is 14.4 Å². The van der Waals surface area contributed by atoms with E-state index in [4.69, 9.17) is 21.1 Å². The molecule has 6 nitrogen and oxygen atoms in total. The van der Waals surface area contributed by atoms with Gasteiger partial charge in [0.1, 0.15) is 22.4 Å². The quantitative estimate of drug-likeness (QED) is 0.404. The Morgan fingerprint density at radius 2 is 1.86 bits per heavy atom. The molecular formula is C20H15ClN2O4S. The highest BCUT2D eigenvalue weighted by Crippen LogP contribution is 2.46. The normalized spacial score (nSPS) is 14.1. The van der Waals surface area contributed by atoms with E-state index in [9.17, 15) is 14.9 Å². The molecule has 1 aliphatic heterocycles. The van der Waals surface area contributed by atoms with E-state index in [-0.39, 0.29) is 12.2 Å². The van der Waals surface area contributed by atoms with Crippen molar-refractivity contribution in [2.24, 2.45) is 0 Å². The van der Waals surface area contributed by atoms with Gasteiger partial charge in [-0.3, -0.25) is 4.79 Å². The van der Waals surface area contributed by atoms with Gasteiger partial charge in [-0.1, -0.05) is 35.5 Å². The van der Waals surface area contributed by atoms with Gasteiger partial charge in [0.2, 0.25) is 5.78 Å². The topological polar surface area (TPSA) is 79.6 Å². The number of nitrogens with zero attached hydrogens (tertiary/aromatic N) is 2. The lowest BCUT2D eigenvalue weighted by atomic mass is 10.2. The third kappa shape index (κ3) is 4.47. The van der Waals surface area contributed by atoms with Crippen molar-refractivity contribution in [2.45, 2.75) is 4.90 Å². The van der Waals surface area contributed by atoms with E-state index in [2.05, 4.69) is 0 Å². The number of rotatable bonds is 6. The highest BCUT2D eigenvalue weighted by Gasteiger charge is 2.28. The number of fused-ring (bicyclic) bond motifs is 1. The molecule has 0 aliphatic carbocycles. The number of thioether (sulfide) groups is 1. The number of hydrogen-bond acceptors (Lipinski definition) is 7. The first-order valence-corrected chi connectivity index (χ1v) is 9.41. The van der Waals surface area contributed by atoms with Crippen molar-refractivity contribution in [3.63, 3.8) is 0 Å². The zero-order valence-corrected chi connectivity index (χ0v) is 16.4. The number of Topliss-reactive ketones (excluding diaryl/α,β-unsaturated/α-hetero) is 1. The standard InChI is InChI=1S/C20H15ClN2O4S/c1-23-16-4-2-3-5-18(16)28-20(23)15(10-22)17(24)11-27-19(25)12-26-14-8-6-13(21)7-9-14/h2-9H,11-12H2,1H3/b20-15-. The number of ether oxygens (including phenoxy) is 2. The fourth-order valence-electron chi connectivity index (χ4n) is 2.48. The Kier molecular flexibility index (Phi) is 6.24. The van der Waals surface area contributed by atoms with Crippen molar-refractivity contribution in [2.75, 3.05) is 25.2 Å². The first kappa shape index (κ1) is 19.8. The van der Waals surface area contributed by atoms with Crippen LogP contribution >= 0.6 is 23.4 Å². The SMILES string of the molecule is CN1/C(=C(\C#N)C(=O)COC(=O)COc2ccc(Cl)cc2)Sc2ccccc21. The Morgan fingerprint density at radius 1 is 1.14 bits per heavy atom. The van der Waals surface area contributed by atoms with Crippen molar-refractivity contribution in [3.8, 4) is 11.8 Å². The maximum Gasteiger partial charge on any atom is 0.344 e. The summed E-state index contributed by atoms with van der Waals surface area (Å²) in [6, 6.07) is 16.0. The Hall–Kier alpha value is -2.95. The monoisotopic (exact) mass is 414 g/mol. The number of para-hydroxylation sites is 1. The smallest absolute Gasteiger partial charge is 0.344 e. The fraction of sp³-hybridized carbons (Fsp3) is 0.150. The fourth-order valence-corrected chi connectivity index (χ4v) is 3.77. The van der Waals surface area contributed by atoms with E-state index < -0.39 is 18.4 Å². The average Bonchev–Trinajstić information content (AvgIpc) is 3.03. The minimum atomic E-state index is -0.707. The lowest BCUT2D eigenvalue weighted by molar-refractivity contribution is -0.149. The van der Waals surface area contributed by atoms with E-state index in [1.807, 2.05) is 30.3 Å². The van der Waals surface area contributed by atoms with Crippen LogP contribution in [0.25, 0.3) is 0 Å². The highest BCUT2D eigenvalue weighted by atomic mass is 35.5. The van der Waals surface area contributed by atoms with Gasteiger partial charge in [0, 0.05) is 17.0 Å². The lowest BCUT2D eigenvalue weighted by Crippen LogP contribution is -2.22. The Bertz CT molecular complexity index is 982. The maximum atomic E-state index is 12.4. The van der Waals surface area contributed by atoms with Gasteiger partial charge in [0.05, 0.1) is 5.69 Å². The Balaban J connectivity index is 1.58. The summed E-state index contributed by atoms with van der Waals surface area (Å²) in [5.41, 5.74) is 0.867. The van der Waals surface area contributed by atoms with Gasteiger partial charge in [-0.05, 0) is 36.4 Å². The van der Waals surface area contributed by atoms with Crippen LogP contribution < -0.4 is 9.64 Å². The summed E-state index contributed by atoms with van der Waals surface area (Å²) in [7, 11) is 1.78. The first-order chi connectivity index (χ1) is 13.5. The zero-order chi connectivity index (χ0) is 20.1. The molecule has 8 heteroatoms. The highest BCUT2D eigenvalue weighted by molar-refractivity contribution is 8.03. The molecule has 0 unspecified atom stereocenters. The van der Waals surface area contributed by atoms with E-state index in [1.54, 1.807) is 36.2 Å². The van der Waals surface area contributed by atoms with Gasteiger partial charge in [0.15, 0.2) is 13.2 Å². The van der Waals surface area contributed by atoms with Crippen LogP contribution in [0.3, 0.4) is 0 Å². The van der Waals surface area contributed by atoms with Crippen LogP contribution in [0.5, 0.6) is 5.75 Å². The van der Waals surface area contributed by atoms with Gasteiger partial charge in [0.25, 0.3) is 0 Å². The van der Waals surface area contributed by atoms with E-state index in [1.165, 1.54) is 11.8 Å². The molecule has 1 heterocycles. The molecule has 0 radical (unpaired) electrons.